The highest BCUT2D eigenvalue weighted by molar-refractivity contribution is 7.98. The minimum absolute atomic E-state index is 0.432. The zero-order valence-electron chi connectivity index (χ0n) is 13.2. The van der Waals surface area contributed by atoms with E-state index >= 15 is 0 Å². The van der Waals surface area contributed by atoms with Gasteiger partial charge in [-0.25, -0.2) is 4.68 Å². The lowest BCUT2D eigenvalue weighted by atomic mass is 10.2. The van der Waals surface area contributed by atoms with Crippen molar-refractivity contribution in [1.29, 1.82) is 0 Å². The monoisotopic (exact) mass is 392 g/mol. The Labute approximate surface area is 156 Å². The highest BCUT2D eigenvalue weighted by Crippen LogP contribution is 2.41. The summed E-state index contributed by atoms with van der Waals surface area (Å²) in [6, 6.07) is 7.95. The van der Waals surface area contributed by atoms with Crippen LogP contribution in [-0.4, -0.2) is 30.4 Å². The van der Waals surface area contributed by atoms with Crippen LogP contribution < -0.4 is 0 Å². The first-order valence-corrected chi connectivity index (χ1v) is 9.83. The van der Waals surface area contributed by atoms with E-state index in [0.717, 1.165) is 33.8 Å². The molecule has 25 heavy (non-hydrogen) atoms. The number of rotatable bonds is 6. The molecule has 128 valence electrons. The summed E-state index contributed by atoms with van der Waals surface area (Å²) in [5, 5.41) is 22.0. The van der Waals surface area contributed by atoms with Crippen LogP contribution >= 0.6 is 34.7 Å². The van der Waals surface area contributed by atoms with E-state index in [1.54, 1.807) is 16.0 Å². The Morgan fingerprint density at radius 2 is 2.12 bits per heavy atom. The number of hydrogen-bond acceptors (Lipinski definition) is 8. The van der Waals surface area contributed by atoms with Crippen molar-refractivity contribution in [3.8, 4) is 10.8 Å². The smallest absolute Gasteiger partial charge is 0.277 e. The molecular formula is C15H13ClN6OS2. The van der Waals surface area contributed by atoms with Crippen LogP contribution in [0.5, 0.6) is 0 Å². The van der Waals surface area contributed by atoms with Crippen molar-refractivity contribution in [2.45, 2.75) is 30.9 Å². The van der Waals surface area contributed by atoms with Crippen LogP contribution in [-0.2, 0) is 12.3 Å². The lowest BCUT2D eigenvalue weighted by molar-refractivity contribution is 0.466. The summed E-state index contributed by atoms with van der Waals surface area (Å²) < 4.78 is 8.64. The number of fused-ring (bicyclic) bond motifs is 1. The molecule has 0 saturated heterocycles. The van der Waals surface area contributed by atoms with Crippen molar-refractivity contribution >= 4 is 44.8 Å². The van der Waals surface area contributed by atoms with E-state index in [1.165, 1.54) is 11.8 Å². The molecule has 3 aromatic heterocycles. The number of tetrazole rings is 1. The number of aromatic nitrogens is 6. The van der Waals surface area contributed by atoms with E-state index in [0.29, 0.717) is 21.9 Å². The van der Waals surface area contributed by atoms with Crippen molar-refractivity contribution in [1.82, 2.24) is 30.4 Å². The highest BCUT2D eigenvalue weighted by atomic mass is 35.5. The summed E-state index contributed by atoms with van der Waals surface area (Å²) in [7, 11) is 0. The Morgan fingerprint density at radius 1 is 1.24 bits per heavy atom. The fourth-order valence-electron chi connectivity index (χ4n) is 2.35. The fourth-order valence-corrected chi connectivity index (χ4v) is 4.48. The Bertz CT molecular complexity index is 1010. The largest absolute Gasteiger partial charge is 0.410 e. The van der Waals surface area contributed by atoms with E-state index in [-0.39, 0.29) is 0 Å². The standard InChI is InChI=1S/C15H13ClN6OS2/c1-2-7-22-11(17-20-21-22)8-24-15-19-18-14(23-15)13-12(16)9-5-3-4-6-10(9)25-13/h3-6H,2,7-8H2,1H3. The molecule has 1 aromatic carbocycles. The minimum Gasteiger partial charge on any atom is -0.410 e. The van der Waals surface area contributed by atoms with Crippen LogP contribution in [0.15, 0.2) is 33.9 Å². The number of hydrogen-bond donors (Lipinski definition) is 0. The molecule has 7 nitrogen and oxygen atoms in total. The van der Waals surface area contributed by atoms with Crippen LogP contribution in [0.2, 0.25) is 5.02 Å². The third-order valence-electron chi connectivity index (χ3n) is 3.50. The van der Waals surface area contributed by atoms with Gasteiger partial charge >= 0.3 is 0 Å². The zero-order chi connectivity index (χ0) is 17.2. The van der Waals surface area contributed by atoms with Crippen LogP contribution in [0.1, 0.15) is 19.2 Å². The average molecular weight is 393 g/mol. The molecule has 4 aromatic rings. The van der Waals surface area contributed by atoms with Crippen molar-refractivity contribution < 1.29 is 4.42 Å². The Morgan fingerprint density at radius 3 is 2.96 bits per heavy atom. The molecule has 0 spiro atoms. The van der Waals surface area contributed by atoms with E-state index in [2.05, 4.69) is 32.6 Å². The number of benzene rings is 1. The summed E-state index contributed by atoms with van der Waals surface area (Å²) in [6.45, 7) is 2.87. The molecule has 0 atom stereocenters. The number of halogens is 1. The molecule has 3 heterocycles. The zero-order valence-corrected chi connectivity index (χ0v) is 15.6. The lowest BCUT2D eigenvalue weighted by Gasteiger charge is -1.99. The second-order valence-electron chi connectivity index (χ2n) is 5.22. The first kappa shape index (κ1) is 16.5. The van der Waals surface area contributed by atoms with Crippen LogP contribution in [0.3, 0.4) is 0 Å². The van der Waals surface area contributed by atoms with Crippen LogP contribution in [0, 0.1) is 0 Å². The third kappa shape index (κ3) is 3.26. The minimum atomic E-state index is 0.432. The van der Waals surface area contributed by atoms with Gasteiger partial charge in [-0.2, -0.15) is 0 Å². The molecule has 4 rings (SSSR count). The fraction of sp³-hybridized carbons (Fsp3) is 0.267. The topological polar surface area (TPSA) is 82.5 Å². The maximum absolute atomic E-state index is 6.46. The van der Waals surface area contributed by atoms with Gasteiger partial charge in [-0.3, -0.25) is 0 Å². The van der Waals surface area contributed by atoms with Crippen LogP contribution in [0.4, 0.5) is 0 Å². The summed E-state index contributed by atoms with van der Waals surface area (Å²) in [5.74, 6) is 1.78. The highest BCUT2D eigenvalue weighted by Gasteiger charge is 2.18. The number of thiophene rings is 1. The molecule has 0 unspecified atom stereocenters. The molecule has 0 aliphatic heterocycles. The third-order valence-corrected chi connectivity index (χ3v) is 5.98. The first-order valence-electron chi connectivity index (χ1n) is 7.65. The molecule has 0 aliphatic rings. The quantitative estimate of drug-likeness (QED) is 0.452. The molecule has 0 fully saturated rings. The predicted octanol–water partition coefficient (Wildman–Crippen LogP) is 4.29. The van der Waals surface area contributed by atoms with Gasteiger partial charge in [0.25, 0.3) is 11.1 Å². The van der Waals surface area contributed by atoms with E-state index < -0.39 is 0 Å². The summed E-state index contributed by atoms with van der Waals surface area (Å²) in [4.78, 5) is 0.790. The van der Waals surface area contributed by atoms with Gasteiger partial charge in [0.05, 0.1) is 10.8 Å². The van der Waals surface area contributed by atoms with Gasteiger partial charge in [0.2, 0.25) is 0 Å². The van der Waals surface area contributed by atoms with Gasteiger partial charge in [0, 0.05) is 16.6 Å². The van der Waals surface area contributed by atoms with Crippen LogP contribution in [0.25, 0.3) is 20.9 Å². The van der Waals surface area contributed by atoms with Gasteiger partial charge in [0.15, 0.2) is 5.82 Å². The number of nitrogens with zero attached hydrogens (tertiary/aromatic N) is 6. The summed E-state index contributed by atoms with van der Waals surface area (Å²) in [5.41, 5.74) is 0. The average Bonchev–Trinajstić information content (AvgIpc) is 3.33. The maximum atomic E-state index is 6.46. The second kappa shape index (κ2) is 7.11. The maximum Gasteiger partial charge on any atom is 0.277 e. The normalized spacial score (nSPS) is 11.4. The molecule has 0 aliphatic carbocycles. The van der Waals surface area contributed by atoms with Crippen molar-refractivity contribution in [3.05, 3.63) is 35.1 Å². The van der Waals surface area contributed by atoms with Crippen molar-refractivity contribution in [3.63, 3.8) is 0 Å². The second-order valence-corrected chi connectivity index (χ2v) is 7.58. The molecule has 10 heteroatoms. The first-order chi connectivity index (χ1) is 12.3. The van der Waals surface area contributed by atoms with E-state index in [1.807, 2.05) is 24.3 Å². The summed E-state index contributed by atoms with van der Waals surface area (Å²) in [6.07, 6.45) is 0.970. The molecule has 0 bridgehead atoms. The molecule has 0 N–H and O–H groups in total. The van der Waals surface area contributed by atoms with Gasteiger partial charge in [0.1, 0.15) is 4.88 Å². The predicted molar refractivity (Wildman–Crippen MR) is 97.8 cm³/mol. The van der Waals surface area contributed by atoms with E-state index in [9.17, 15) is 0 Å². The number of aryl methyl sites for hydroxylation is 1. The van der Waals surface area contributed by atoms with Crippen molar-refractivity contribution in [2.75, 3.05) is 0 Å². The van der Waals surface area contributed by atoms with Gasteiger partial charge in [-0.1, -0.05) is 48.5 Å². The molecule has 0 radical (unpaired) electrons. The Hall–Kier alpha value is -1.97. The Balaban J connectivity index is 1.53. The molecule has 0 saturated carbocycles. The van der Waals surface area contributed by atoms with Gasteiger partial charge in [-0.15, -0.1) is 26.6 Å². The Kier molecular flexibility index (Phi) is 4.69. The van der Waals surface area contributed by atoms with Crippen molar-refractivity contribution in [2.24, 2.45) is 0 Å². The van der Waals surface area contributed by atoms with Gasteiger partial charge < -0.3 is 4.42 Å². The van der Waals surface area contributed by atoms with E-state index in [4.69, 9.17) is 16.0 Å². The number of thioether (sulfide) groups is 1. The lowest BCUT2D eigenvalue weighted by Crippen LogP contribution is -2.04. The SMILES string of the molecule is CCCn1nnnc1CSc1nnc(-c2sc3ccccc3c2Cl)o1. The summed E-state index contributed by atoms with van der Waals surface area (Å²) >= 11 is 9.41. The molecule has 0 amide bonds. The molecular weight excluding hydrogens is 380 g/mol. The van der Waals surface area contributed by atoms with Gasteiger partial charge in [-0.05, 0) is 22.9 Å².